The lowest BCUT2D eigenvalue weighted by molar-refractivity contribution is 0.373. The van der Waals surface area contributed by atoms with Gasteiger partial charge < -0.3 is 9.84 Å². The van der Waals surface area contributed by atoms with Crippen molar-refractivity contribution in [1.82, 2.24) is 20.2 Å². The lowest BCUT2D eigenvalue weighted by Gasteiger charge is -2.07. The van der Waals surface area contributed by atoms with Crippen molar-refractivity contribution in [3.05, 3.63) is 66.2 Å². The van der Waals surface area contributed by atoms with Crippen LogP contribution >= 0.6 is 0 Å². The predicted molar refractivity (Wildman–Crippen MR) is 103 cm³/mol. The van der Waals surface area contributed by atoms with Gasteiger partial charge in [-0.15, -0.1) is 0 Å². The topological polar surface area (TPSA) is 97.5 Å². The fraction of sp³-hybridized carbons (Fsp3) is 0.0526. The minimum absolute atomic E-state index is 0.0718. The molecule has 0 aliphatic heterocycles. The molecule has 8 nitrogen and oxygen atoms in total. The van der Waals surface area contributed by atoms with E-state index >= 15 is 0 Å². The van der Waals surface area contributed by atoms with Crippen LogP contribution in [0.5, 0.6) is 11.5 Å². The number of ether oxygens (including phenoxy) is 1. The van der Waals surface area contributed by atoms with E-state index in [1.807, 2.05) is 42.5 Å². The number of benzene rings is 3. The van der Waals surface area contributed by atoms with Gasteiger partial charge in [0.2, 0.25) is 0 Å². The van der Waals surface area contributed by atoms with E-state index in [4.69, 9.17) is 4.74 Å². The summed E-state index contributed by atoms with van der Waals surface area (Å²) in [7, 11) is 1.49. The summed E-state index contributed by atoms with van der Waals surface area (Å²) in [6.45, 7) is 0. The van der Waals surface area contributed by atoms with Gasteiger partial charge in [0, 0.05) is 5.39 Å². The molecule has 0 aliphatic rings. The van der Waals surface area contributed by atoms with Gasteiger partial charge in [-0.05, 0) is 45.6 Å². The normalized spacial score (nSPS) is 11.1. The van der Waals surface area contributed by atoms with Crippen LogP contribution in [0.3, 0.4) is 0 Å². The van der Waals surface area contributed by atoms with Gasteiger partial charge in [-0.25, -0.2) is 5.43 Å². The molecule has 8 heteroatoms. The highest BCUT2D eigenvalue weighted by Crippen LogP contribution is 2.26. The lowest BCUT2D eigenvalue weighted by atomic mass is 10.1. The van der Waals surface area contributed by atoms with Gasteiger partial charge in [0.1, 0.15) is 0 Å². The molecule has 1 aromatic heterocycles. The van der Waals surface area contributed by atoms with E-state index in [1.54, 1.807) is 29.1 Å². The highest BCUT2D eigenvalue weighted by molar-refractivity contribution is 5.90. The van der Waals surface area contributed by atoms with Gasteiger partial charge in [0.25, 0.3) is 5.95 Å². The van der Waals surface area contributed by atoms with Crippen LogP contribution in [0.25, 0.3) is 16.5 Å². The molecular formula is C19H16N6O2. The zero-order valence-corrected chi connectivity index (χ0v) is 14.4. The monoisotopic (exact) mass is 360 g/mol. The summed E-state index contributed by atoms with van der Waals surface area (Å²) >= 11 is 0. The summed E-state index contributed by atoms with van der Waals surface area (Å²) in [5, 5.41) is 27.7. The first kappa shape index (κ1) is 16.5. The molecule has 3 aromatic carbocycles. The lowest BCUT2D eigenvalue weighted by Crippen LogP contribution is -2.04. The van der Waals surface area contributed by atoms with Crippen LogP contribution in [0.1, 0.15) is 5.56 Å². The van der Waals surface area contributed by atoms with Crippen LogP contribution in [-0.4, -0.2) is 38.6 Å². The van der Waals surface area contributed by atoms with Crippen molar-refractivity contribution in [2.24, 2.45) is 5.10 Å². The fourth-order valence-corrected chi connectivity index (χ4v) is 2.75. The Kier molecular flexibility index (Phi) is 4.36. The Labute approximate surface area is 154 Å². The van der Waals surface area contributed by atoms with Gasteiger partial charge in [-0.2, -0.15) is 9.78 Å². The van der Waals surface area contributed by atoms with Crippen LogP contribution in [-0.2, 0) is 0 Å². The molecule has 0 saturated carbocycles. The van der Waals surface area contributed by atoms with E-state index in [0.29, 0.717) is 11.7 Å². The first-order valence-electron chi connectivity index (χ1n) is 8.19. The second-order valence-electron chi connectivity index (χ2n) is 5.71. The highest BCUT2D eigenvalue weighted by Gasteiger charge is 2.10. The Hall–Kier alpha value is -3.94. The standard InChI is InChI=1S/C19H16N6O2/c1-27-18-11-13(9-10-17(18)26)12-20-21-19-22-23-24-25(19)16-8-4-6-14-5-2-3-7-15(14)16/h2-12,26H,1H3,(H,21,22,24)/b20-12+. The predicted octanol–water partition coefficient (Wildman–Crippen LogP) is 2.98. The van der Waals surface area contributed by atoms with Crippen molar-refractivity contribution < 1.29 is 9.84 Å². The Morgan fingerprint density at radius 1 is 1.11 bits per heavy atom. The zero-order chi connectivity index (χ0) is 18.6. The Morgan fingerprint density at radius 3 is 2.85 bits per heavy atom. The number of hydrogen-bond donors (Lipinski definition) is 2. The Bertz CT molecular complexity index is 1120. The molecular weight excluding hydrogens is 344 g/mol. The van der Waals surface area contributed by atoms with E-state index in [0.717, 1.165) is 22.0 Å². The number of hydrazone groups is 1. The molecule has 0 radical (unpaired) electrons. The quantitative estimate of drug-likeness (QED) is 0.419. The highest BCUT2D eigenvalue weighted by atomic mass is 16.5. The molecule has 2 N–H and O–H groups in total. The number of nitrogens with zero attached hydrogens (tertiary/aromatic N) is 5. The molecule has 1 heterocycles. The van der Waals surface area contributed by atoms with Crippen LogP contribution in [0.2, 0.25) is 0 Å². The fourth-order valence-electron chi connectivity index (χ4n) is 2.75. The van der Waals surface area contributed by atoms with Crippen molar-refractivity contribution in [2.45, 2.75) is 0 Å². The number of nitrogens with one attached hydrogen (secondary N) is 1. The Balaban J connectivity index is 1.61. The number of tetrazole rings is 1. The maximum Gasteiger partial charge on any atom is 0.268 e. The molecule has 0 aliphatic carbocycles. The van der Waals surface area contributed by atoms with E-state index in [9.17, 15) is 5.11 Å². The third-order valence-electron chi connectivity index (χ3n) is 4.05. The first-order valence-corrected chi connectivity index (χ1v) is 8.19. The molecule has 4 aromatic rings. The molecule has 0 spiro atoms. The van der Waals surface area contributed by atoms with E-state index in [2.05, 4.69) is 26.1 Å². The summed E-state index contributed by atoms with van der Waals surface area (Å²) in [5.74, 6) is 0.829. The van der Waals surface area contributed by atoms with E-state index < -0.39 is 0 Å². The summed E-state index contributed by atoms with van der Waals surface area (Å²) in [5.41, 5.74) is 4.45. The maximum atomic E-state index is 9.64. The van der Waals surface area contributed by atoms with Crippen LogP contribution in [0, 0.1) is 0 Å². The molecule has 0 amide bonds. The van der Waals surface area contributed by atoms with Crippen molar-refractivity contribution in [1.29, 1.82) is 0 Å². The van der Waals surface area contributed by atoms with E-state index in [-0.39, 0.29) is 5.75 Å². The molecule has 0 saturated heterocycles. The largest absolute Gasteiger partial charge is 0.504 e. The first-order chi connectivity index (χ1) is 13.3. The van der Waals surface area contributed by atoms with Crippen LogP contribution in [0.15, 0.2) is 65.8 Å². The number of phenols is 1. The third kappa shape index (κ3) is 3.28. The van der Waals surface area contributed by atoms with Crippen LogP contribution < -0.4 is 10.2 Å². The average Bonchev–Trinajstić information content (AvgIpc) is 3.17. The average molecular weight is 360 g/mol. The number of aromatic hydroxyl groups is 1. The molecule has 0 atom stereocenters. The number of phenolic OH excluding ortho intramolecular Hbond substituents is 1. The number of anilines is 1. The minimum atomic E-state index is 0.0718. The minimum Gasteiger partial charge on any atom is -0.504 e. The third-order valence-corrected chi connectivity index (χ3v) is 4.05. The van der Waals surface area contributed by atoms with Crippen molar-refractivity contribution in [3.8, 4) is 17.2 Å². The smallest absolute Gasteiger partial charge is 0.268 e. The van der Waals surface area contributed by atoms with Gasteiger partial charge in [0.05, 0.1) is 19.0 Å². The molecule has 0 fully saturated rings. The number of hydrogen-bond acceptors (Lipinski definition) is 7. The van der Waals surface area contributed by atoms with Crippen molar-refractivity contribution >= 4 is 22.9 Å². The molecule has 0 bridgehead atoms. The number of methoxy groups -OCH3 is 1. The summed E-state index contributed by atoms with van der Waals surface area (Å²) in [4.78, 5) is 0. The summed E-state index contributed by atoms with van der Waals surface area (Å²) in [6.07, 6.45) is 1.59. The second kappa shape index (κ2) is 7.12. The van der Waals surface area contributed by atoms with Crippen LogP contribution in [0.4, 0.5) is 5.95 Å². The van der Waals surface area contributed by atoms with Gasteiger partial charge in [0.15, 0.2) is 11.5 Å². The van der Waals surface area contributed by atoms with Crippen molar-refractivity contribution in [3.63, 3.8) is 0 Å². The number of aromatic nitrogens is 4. The van der Waals surface area contributed by atoms with Crippen molar-refractivity contribution in [2.75, 3.05) is 12.5 Å². The zero-order valence-electron chi connectivity index (χ0n) is 14.4. The van der Waals surface area contributed by atoms with Gasteiger partial charge in [-0.3, -0.25) is 0 Å². The second-order valence-corrected chi connectivity index (χ2v) is 5.71. The summed E-state index contributed by atoms with van der Waals surface area (Å²) in [6, 6.07) is 18.9. The molecule has 0 unspecified atom stereocenters. The SMILES string of the molecule is COc1cc(/C=N/Nc2nnnn2-c2cccc3ccccc23)ccc1O. The number of fused-ring (bicyclic) bond motifs is 1. The molecule has 4 rings (SSSR count). The maximum absolute atomic E-state index is 9.64. The van der Waals surface area contributed by atoms with Gasteiger partial charge >= 0.3 is 0 Å². The number of rotatable bonds is 5. The van der Waals surface area contributed by atoms with Gasteiger partial charge in [-0.1, -0.05) is 41.5 Å². The summed E-state index contributed by atoms with van der Waals surface area (Å²) < 4.78 is 6.68. The Morgan fingerprint density at radius 2 is 1.96 bits per heavy atom. The molecule has 27 heavy (non-hydrogen) atoms. The van der Waals surface area contributed by atoms with E-state index in [1.165, 1.54) is 7.11 Å². The molecule has 134 valence electrons.